The van der Waals surface area contributed by atoms with Gasteiger partial charge in [-0.15, -0.1) is 0 Å². The first-order valence-electron chi connectivity index (χ1n) is 5.73. The molecule has 0 atom stereocenters. The summed E-state index contributed by atoms with van der Waals surface area (Å²) in [5.41, 5.74) is 1.65. The Morgan fingerprint density at radius 1 is 1.31 bits per heavy atom. The molecule has 0 radical (unpaired) electrons. The van der Waals surface area contributed by atoms with Gasteiger partial charge in [-0.3, -0.25) is 0 Å². The molecule has 1 aromatic rings. The zero-order chi connectivity index (χ0) is 11.6. The van der Waals surface area contributed by atoms with Gasteiger partial charge in [0.05, 0.1) is 5.56 Å². The molecule has 84 valence electrons. The summed E-state index contributed by atoms with van der Waals surface area (Å²) >= 11 is 5.98. The van der Waals surface area contributed by atoms with Gasteiger partial charge < -0.3 is 0 Å². The van der Waals surface area contributed by atoms with Crippen molar-refractivity contribution in [1.82, 2.24) is 4.98 Å². The molecular formula is C13H15ClN2. The highest BCUT2D eigenvalue weighted by Crippen LogP contribution is 2.38. The Bertz CT molecular complexity index is 428. The zero-order valence-corrected chi connectivity index (χ0v) is 10.2. The average Bonchev–Trinajstić information content (AvgIpc) is 2.30. The largest absolute Gasteiger partial charge is 0.239 e. The van der Waals surface area contributed by atoms with E-state index in [1.807, 2.05) is 12.1 Å². The summed E-state index contributed by atoms with van der Waals surface area (Å²) < 4.78 is 0. The lowest BCUT2D eigenvalue weighted by Gasteiger charge is -2.33. The van der Waals surface area contributed by atoms with Crippen LogP contribution in [-0.4, -0.2) is 4.98 Å². The number of rotatable bonds is 1. The Morgan fingerprint density at radius 3 is 2.56 bits per heavy atom. The number of aromatic nitrogens is 1. The lowest BCUT2D eigenvalue weighted by atomic mass is 9.73. The van der Waals surface area contributed by atoms with E-state index in [0.29, 0.717) is 10.7 Å². The second kappa shape index (κ2) is 4.43. The molecule has 1 aliphatic carbocycles. The van der Waals surface area contributed by atoms with E-state index in [2.05, 4.69) is 11.9 Å². The molecule has 0 spiro atoms. The van der Waals surface area contributed by atoms with Crippen molar-refractivity contribution < 1.29 is 0 Å². The third kappa shape index (κ3) is 2.05. The maximum absolute atomic E-state index is 8.81. The number of hydrogen-bond donors (Lipinski definition) is 0. The fourth-order valence-corrected chi connectivity index (χ4v) is 2.64. The van der Waals surface area contributed by atoms with Gasteiger partial charge in [-0.25, -0.2) is 4.98 Å². The van der Waals surface area contributed by atoms with E-state index < -0.39 is 0 Å². The molecule has 0 saturated heterocycles. The minimum atomic E-state index is 0.149. The molecule has 0 unspecified atom stereocenters. The van der Waals surface area contributed by atoms with Crippen molar-refractivity contribution >= 4 is 11.6 Å². The van der Waals surface area contributed by atoms with Crippen LogP contribution in [0.5, 0.6) is 0 Å². The quantitative estimate of drug-likeness (QED) is 0.693. The maximum atomic E-state index is 8.81. The highest BCUT2D eigenvalue weighted by molar-refractivity contribution is 6.30. The van der Waals surface area contributed by atoms with Gasteiger partial charge in [-0.05, 0) is 25.0 Å². The molecule has 16 heavy (non-hydrogen) atoms. The van der Waals surface area contributed by atoms with Gasteiger partial charge >= 0.3 is 0 Å². The summed E-state index contributed by atoms with van der Waals surface area (Å²) in [6, 6.07) is 5.78. The smallest absolute Gasteiger partial charge is 0.147 e. The normalized spacial score (nSPS) is 19.1. The highest BCUT2D eigenvalue weighted by Gasteiger charge is 2.30. The van der Waals surface area contributed by atoms with E-state index in [9.17, 15) is 0 Å². The molecule has 1 fully saturated rings. The van der Waals surface area contributed by atoms with Crippen molar-refractivity contribution in [3.05, 3.63) is 28.5 Å². The molecule has 1 aliphatic rings. The SMILES string of the molecule is CC1(c2ccc(C#N)c(Cl)n2)CCCCC1. The minimum Gasteiger partial charge on any atom is -0.239 e. The van der Waals surface area contributed by atoms with Crippen LogP contribution in [0.1, 0.15) is 50.3 Å². The van der Waals surface area contributed by atoms with Crippen LogP contribution < -0.4 is 0 Å². The molecule has 0 amide bonds. The Morgan fingerprint density at radius 2 is 2.00 bits per heavy atom. The van der Waals surface area contributed by atoms with Gasteiger partial charge in [-0.1, -0.05) is 37.8 Å². The van der Waals surface area contributed by atoms with Gasteiger partial charge in [0.1, 0.15) is 11.2 Å². The Labute approximate surface area is 101 Å². The molecule has 1 heterocycles. The van der Waals surface area contributed by atoms with Gasteiger partial charge in [0.15, 0.2) is 0 Å². The summed E-state index contributed by atoms with van der Waals surface area (Å²) in [5, 5.41) is 9.15. The first kappa shape index (κ1) is 11.4. The monoisotopic (exact) mass is 234 g/mol. The summed E-state index contributed by atoms with van der Waals surface area (Å²) in [6.07, 6.45) is 6.18. The lowest BCUT2D eigenvalue weighted by Crippen LogP contribution is -2.26. The van der Waals surface area contributed by atoms with Gasteiger partial charge in [0.25, 0.3) is 0 Å². The molecule has 2 nitrogen and oxygen atoms in total. The summed E-state index contributed by atoms with van der Waals surface area (Å²) in [4.78, 5) is 4.38. The molecule has 1 saturated carbocycles. The Kier molecular flexibility index (Phi) is 3.16. The molecule has 1 aromatic heterocycles. The minimum absolute atomic E-state index is 0.149. The summed E-state index contributed by atoms with van der Waals surface area (Å²) in [5.74, 6) is 0. The third-order valence-corrected chi connectivity index (χ3v) is 3.83. The Hall–Kier alpha value is -1.07. The van der Waals surface area contributed by atoms with Crippen LogP contribution in [0.4, 0.5) is 0 Å². The van der Waals surface area contributed by atoms with E-state index in [0.717, 1.165) is 5.69 Å². The van der Waals surface area contributed by atoms with Crippen LogP contribution in [0.3, 0.4) is 0 Å². The van der Waals surface area contributed by atoms with Crippen LogP contribution >= 0.6 is 11.6 Å². The van der Waals surface area contributed by atoms with Crippen molar-refractivity contribution in [2.75, 3.05) is 0 Å². The van der Waals surface area contributed by atoms with Crippen molar-refractivity contribution in [2.24, 2.45) is 0 Å². The first-order valence-corrected chi connectivity index (χ1v) is 6.11. The summed E-state index contributed by atoms with van der Waals surface area (Å²) in [6.45, 7) is 2.25. The van der Waals surface area contributed by atoms with Crippen LogP contribution in [0.25, 0.3) is 0 Å². The van der Waals surface area contributed by atoms with Crippen LogP contribution in [0.15, 0.2) is 12.1 Å². The van der Waals surface area contributed by atoms with Crippen LogP contribution in [0.2, 0.25) is 5.15 Å². The lowest BCUT2D eigenvalue weighted by molar-refractivity contribution is 0.312. The van der Waals surface area contributed by atoms with Crippen LogP contribution in [-0.2, 0) is 5.41 Å². The number of halogens is 1. The van der Waals surface area contributed by atoms with E-state index >= 15 is 0 Å². The first-order chi connectivity index (χ1) is 7.65. The average molecular weight is 235 g/mol. The molecule has 0 bridgehead atoms. The Balaban J connectivity index is 2.33. The molecule has 0 aliphatic heterocycles. The number of nitrogens with zero attached hydrogens (tertiary/aromatic N) is 2. The van der Waals surface area contributed by atoms with E-state index in [1.54, 1.807) is 6.07 Å². The van der Waals surface area contributed by atoms with Crippen molar-refractivity contribution in [3.63, 3.8) is 0 Å². The van der Waals surface area contributed by atoms with Crippen molar-refractivity contribution in [2.45, 2.75) is 44.4 Å². The predicted molar refractivity (Wildman–Crippen MR) is 64.4 cm³/mol. The van der Waals surface area contributed by atoms with E-state index in [-0.39, 0.29) is 5.41 Å². The maximum Gasteiger partial charge on any atom is 0.147 e. The highest BCUT2D eigenvalue weighted by atomic mass is 35.5. The van der Waals surface area contributed by atoms with Gasteiger partial charge in [-0.2, -0.15) is 5.26 Å². The molecule has 0 N–H and O–H groups in total. The van der Waals surface area contributed by atoms with Gasteiger partial charge in [0, 0.05) is 11.1 Å². The van der Waals surface area contributed by atoms with Crippen molar-refractivity contribution in [1.29, 1.82) is 5.26 Å². The summed E-state index contributed by atoms with van der Waals surface area (Å²) in [7, 11) is 0. The molecule has 3 heteroatoms. The van der Waals surface area contributed by atoms with E-state index in [1.165, 1.54) is 32.1 Å². The molecule has 0 aromatic carbocycles. The molecule has 2 rings (SSSR count). The standard InChI is InChI=1S/C13H15ClN2/c1-13(7-3-2-4-8-13)11-6-5-10(9-15)12(14)16-11/h5-6H,2-4,7-8H2,1H3. The second-order valence-electron chi connectivity index (χ2n) is 4.77. The second-order valence-corrected chi connectivity index (χ2v) is 5.13. The number of hydrogen-bond acceptors (Lipinski definition) is 2. The fraction of sp³-hybridized carbons (Fsp3) is 0.538. The molecular weight excluding hydrogens is 220 g/mol. The topological polar surface area (TPSA) is 36.7 Å². The fourth-order valence-electron chi connectivity index (χ4n) is 2.44. The zero-order valence-electron chi connectivity index (χ0n) is 9.46. The predicted octanol–water partition coefficient (Wildman–Crippen LogP) is 3.83. The van der Waals surface area contributed by atoms with E-state index in [4.69, 9.17) is 16.9 Å². The van der Waals surface area contributed by atoms with Crippen LogP contribution in [0, 0.1) is 11.3 Å². The van der Waals surface area contributed by atoms with Gasteiger partial charge in [0.2, 0.25) is 0 Å². The number of nitriles is 1. The number of pyridine rings is 1. The van der Waals surface area contributed by atoms with Crippen molar-refractivity contribution in [3.8, 4) is 6.07 Å². The third-order valence-electron chi connectivity index (χ3n) is 3.54.